The lowest BCUT2D eigenvalue weighted by Gasteiger charge is -2.18. The summed E-state index contributed by atoms with van der Waals surface area (Å²) >= 11 is 0. The molecule has 1 heterocycles. The molecule has 1 atom stereocenters. The monoisotopic (exact) mass is 338 g/mol. The van der Waals surface area contributed by atoms with E-state index in [2.05, 4.69) is 10.1 Å². The Balaban J connectivity index is 1.77. The summed E-state index contributed by atoms with van der Waals surface area (Å²) in [4.78, 5) is 37.7. The highest BCUT2D eigenvalue weighted by Gasteiger charge is 2.40. The Morgan fingerprint density at radius 3 is 2.44 bits per heavy atom. The molecule has 2 aromatic rings. The number of nitrogens with one attached hydrogen (secondary N) is 1. The summed E-state index contributed by atoms with van der Waals surface area (Å²) in [6.45, 7) is 1.86. The predicted octanol–water partition coefficient (Wildman–Crippen LogP) is 2.53. The lowest BCUT2D eigenvalue weighted by molar-refractivity contribution is -0.121. The van der Waals surface area contributed by atoms with Gasteiger partial charge < -0.3 is 10.1 Å². The quantitative estimate of drug-likeness (QED) is 0.685. The zero-order valence-electron chi connectivity index (χ0n) is 14.0. The van der Waals surface area contributed by atoms with Crippen molar-refractivity contribution in [2.24, 2.45) is 0 Å². The molecule has 3 rings (SSSR count). The molecule has 1 saturated heterocycles. The Bertz CT molecular complexity index is 830. The minimum absolute atomic E-state index is 0.0892. The average molecular weight is 338 g/mol. The van der Waals surface area contributed by atoms with E-state index in [4.69, 9.17) is 0 Å². The summed E-state index contributed by atoms with van der Waals surface area (Å²) in [6, 6.07) is 13.2. The van der Waals surface area contributed by atoms with E-state index in [-0.39, 0.29) is 18.2 Å². The van der Waals surface area contributed by atoms with Crippen LogP contribution in [0, 0.1) is 6.92 Å². The second-order valence-corrected chi connectivity index (χ2v) is 5.82. The van der Waals surface area contributed by atoms with E-state index in [1.807, 2.05) is 19.1 Å². The van der Waals surface area contributed by atoms with Crippen LogP contribution >= 0.6 is 0 Å². The maximum atomic E-state index is 12.7. The van der Waals surface area contributed by atoms with Crippen molar-refractivity contribution in [2.45, 2.75) is 19.4 Å². The van der Waals surface area contributed by atoms with Gasteiger partial charge in [-0.15, -0.1) is 0 Å². The molecule has 0 aromatic heterocycles. The summed E-state index contributed by atoms with van der Waals surface area (Å²) in [5.41, 5.74) is 2.56. The van der Waals surface area contributed by atoms with Crippen molar-refractivity contribution in [3.05, 3.63) is 59.7 Å². The first-order valence-corrected chi connectivity index (χ1v) is 7.88. The molecule has 2 amide bonds. The van der Waals surface area contributed by atoms with Crippen LogP contribution in [-0.4, -0.2) is 30.9 Å². The van der Waals surface area contributed by atoms with Crippen LogP contribution in [0.15, 0.2) is 48.5 Å². The first-order valence-electron chi connectivity index (χ1n) is 7.88. The minimum atomic E-state index is -0.629. The largest absolute Gasteiger partial charge is 0.465 e. The summed E-state index contributed by atoms with van der Waals surface area (Å²) < 4.78 is 4.65. The van der Waals surface area contributed by atoms with Gasteiger partial charge in [0.2, 0.25) is 5.91 Å². The first-order chi connectivity index (χ1) is 12.0. The molecule has 1 aliphatic rings. The van der Waals surface area contributed by atoms with E-state index in [9.17, 15) is 14.4 Å². The normalized spacial score (nSPS) is 16.9. The predicted molar refractivity (Wildman–Crippen MR) is 93.5 cm³/mol. The molecule has 0 radical (unpaired) electrons. The summed E-state index contributed by atoms with van der Waals surface area (Å²) in [5, 5.41) is 3.06. The SMILES string of the molecule is COC(=O)c1ccc(N[C@H]2CC(=O)N(c3ccccc3C)C2=O)cc1. The number of para-hydroxylation sites is 1. The number of carbonyl (C=O) groups is 3. The van der Waals surface area contributed by atoms with E-state index in [1.165, 1.54) is 12.0 Å². The van der Waals surface area contributed by atoms with Crippen molar-refractivity contribution >= 4 is 29.2 Å². The number of imide groups is 1. The fourth-order valence-corrected chi connectivity index (χ4v) is 2.83. The van der Waals surface area contributed by atoms with Crippen LogP contribution in [0.5, 0.6) is 0 Å². The molecule has 6 heteroatoms. The Hall–Kier alpha value is -3.15. The number of methoxy groups -OCH3 is 1. The Labute approximate surface area is 145 Å². The van der Waals surface area contributed by atoms with Crippen molar-refractivity contribution < 1.29 is 19.1 Å². The van der Waals surface area contributed by atoms with Crippen molar-refractivity contribution in [2.75, 3.05) is 17.3 Å². The van der Waals surface area contributed by atoms with Crippen LogP contribution in [0.4, 0.5) is 11.4 Å². The van der Waals surface area contributed by atoms with E-state index >= 15 is 0 Å². The van der Waals surface area contributed by atoms with Gasteiger partial charge in [0.05, 0.1) is 24.8 Å². The molecule has 6 nitrogen and oxygen atoms in total. The third-order valence-electron chi connectivity index (χ3n) is 4.15. The number of anilines is 2. The summed E-state index contributed by atoms with van der Waals surface area (Å²) in [7, 11) is 1.32. The zero-order valence-corrected chi connectivity index (χ0v) is 14.0. The fourth-order valence-electron chi connectivity index (χ4n) is 2.83. The van der Waals surface area contributed by atoms with Crippen molar-refractivity contribution in [1.82, 2.24) is 0 Å². The molecule has 128 valence electrons. The maximum Gasteiger partial charge on any atom is 0.337 e. The van der Waals surface area contributed by atoms with Crippen molar-refractivity contribution in [1.29, 1.82) is 0 Å². The molecular formula is C19H18N2O4. The topological polar surface area (TPSA) is 75.7 Å². The lowest BCUT2D eigenvalue weighted by atomic mass is 10.1. The van der Waals surface area contributed by atoms with Gasteiger partial charge in [0.25, 0.3) is 5.91 Å². The maximum absolute atomic E-state index is 12.7. The molecule has 25 heavy (non-hydrogen) atoms. The van der Waals surface area contributed by atoms with Gasteiger partial charge in [-0.05, 0) is 42.8 Å². The zero-order chi connectivity index (χ0) is 18.0. The number of benzene rings is 2. The van der Waals surface area contributed by atoms with Crippen LogP contribution in [-0.2, 0) is 14.3 Å². The highest BCUT2D eigenvalue weighted by Crippen LogP contribution is 2.27. The fraction of sp³-hybridized carbons (Fsp3) is 0.211. The second-order valence-electron chi connectivity index (χ2n) is 5.82. The Morgan fingerprint density at radius 1 is 1.12 bits per heavy atom. The number of amides is 2. The van der Waals surface area contributed by atoms with Gasteiger partial charge in [0.15, 0.2) is 0 Å². The van der Waals surface area contributed by atoms with Crippen LogP contribution < -0.4 is 10.2 Å². The van der Waals surface area contributed by atoms with Crippen molar-refractivity contribution in [3.63, 3.8) is 0 Å². The third-order valence-corrected chi connectivity index (χ3v) is 4.15. The van der Waals surface area contributed by atoms with Gasteiger partial charge in [-0.3, -0.25) is 9.59 Å². The van der Waals surface area contributed by atoms with E-state index in [0.29, 0.717) is 16.9 Å². The molecular weight excluding hydrogens is 320 g/mol. The summed E-state index contributed by atoms with van der Waals surface area (Å²) in [5.74, 6) is -0.941. The van der Waals surface area contributed by atoms with Crippen LogP contribution in [0.25, 0.3) is 0 Å². The van der Waals surface area contributed by atoms with E-state index in [0.717, 1.165) is 5.56 Å². The highest BCUT2D eigenvalue weighted by atomic mass is 16.5. The minimum Gasteiger partial charge on any atom is -0.465 e. The first kappa shape index (κ1) is 16.7. The number of hydrogen-bond donors (Lipinski definition) is 1. The van der Waals surface area contributed by atoms with E-state index < -0.39 is 12.0 Å². The number of nitrogens with zero attached hydrogens (tertiary/aromatic N) is 1. The number of esters is 1. The molecule has 1 fully saturated rings. The Morgan fingerprint density at radius 2 is 1.80 bits per heavy atom. The second kappa shape index (κ2) is 6.76. The lowest BCUT2D eigenvalue weighted by Crippen LogP contribution is -2.35. The number of hydrogen-bond acceptors (Lipinski definition) is 5. The van der Waals surface area contributed by atoms with Crippen LogP contribution in [0.3, 0.4) is 0 Å². The molecule has 2 aromatic carbocycles. The van der Waals surface area contributed by atoms with Crippen LogP contribution in [0.1, 0.15) is 22.3 Å². The third kappa shape index (κ3) is 3.24. The molecule has 0 spiro atoms. The van der Waals surface area contributed by atoms with Gasteiger partial charge in [0, 0.05) is 5.69 Å². The van der Waals surface area contributed by atoms with E-state index in [1.54, 1.807) is 36.4 Å². The number of aryl methyl sites for hydroxylation is 1. The van der Waals surface area contributed by atoms with Gasteiger partial charge in [-0.2, -0.15) is 0 Å². The molecule has 0 saturated carbocycles. The highest BCUT2D eigenvalue weighted by molar-refractivity contribution is 6.23. The van der Waals surface area contributed by atoms with Gasteiger partial charge in [-0.1, -0.05) is 18.2 Å². The Kier molecular flexibility index (Phi) is 4.52. The smallest absolute Gasteiger partial charge is 0.337 e. The van der Waals surface area contributed by atoms with Gasteiger partial charge in [-0.25, -0.2) is 9.69 Å². The average Bonchev–Trinajstić information content (AvgIpc) is 2.89. The standard InChI is InChI=1S/C19H18N2O4/c1-12-5-3-4-6-16(12)21-17(22)11-15(18(21)23)20-14-9-7-13(8-10-14)19(24)25-2/h3-10,15,20H,11H2,1-2H3/t15-/m0/s1. The summed E-state index contributed by atoms with van der Waals surface area (Å²) in [6.07, 6.45) is 0.0892. The van der Waals surface area contributed by atoms with Crippen molar-refractivity contribution in [3.8, 4) is 0 Å². The number of rotatable bonds is 4. The number of ether oxygens (including phenoxy) is 1. The van der Waals surface area contributed by atoms with Gasteiger partial charge >= 0.3 is 5.97 Å². The number of carbonyl (C=O) groups excluding carboxylic acids is 3. The molecule has 1 aliphatic heterocycles. The molecule has 0 unspecified atom stereocenters. The molecule has 0 bridgehead atoms. The molecule has 1 N–H and O–H groups in total. The molecule has 0 aliphatic carbocycles. The van der Waals surface area contributed by atoms with Gasteiger partial charge in [0.1, 0.15) is 6.04 Å². The van der Waals surface area contributed by atoms with Crippen LogP contribution in [0.2, 0.25) is 0 Å².